The Hall–Kier alpha value is -1.59. The second kappa shape index (κ2) is 4.59. The number of benzene rings is 1. The second-order valence-electron chi connectivity index (χ2n) is 3.79. The van der Waals surface area contributed by atoms with E-state index in [1.165, 1.54) is 11.3 Å². The molecule has 0 amide bonds. The van der Waals surface area contributed by atoms with E-state index in [9.17, 15) is 4.79 Å². The van der Waals surface area contributed by atoms with E-state index in [-0.39, 0.29) is 5.76 Å². The van der Waals surface area contributed by atoms with Gasteiger partial charge in [-0.15, -0.1) is 22.9 Å². The van der Waals surface area contributed by atoms with Crippen LogP contribution in [-0.2, 0) is 12.4 Å². The first-order valence-corrected chi connectivity index (χ1v) is 6.77. The monoisotopic (exact) mass is 280 g/mol. The van der Waals surface area contributed by atoms with Crippen LogP contribution in [0.4, 0.5) is 0 Å². The minimum atomic E-state index is -0.362. The van der Waals surface area contributed by atoms with Crippen molar-refractivity contribution in [3.05, 3.63) is 50.9 Å². The van der Waals surface area contributed by atoms with E-state index in [1.807, 2.05) is 23.6 Å². The highest BCUT2D eigenvalue weighted by Gasteiger charge is 2.10. The van der Waals surface area contributed by atoms with E-state index in [2.05, 4.69) is 4.98 Å². The third-order valence-corrected chi connectivity index (χ3v) is 3.76. The van der Waals surface area contributed by atoms with Crippen LogP contribution in [0.5, 0.6) is 0 Å². The first kappa shape index (κ1) is 11.5. The van der Waals surface area contributed by atoms with Crippen molar-refractivity contribution in [1.82, 2.24) is 9.55 Å². The molecule has 0 atom stereocenters. The smallest absolute Gasteiger partial charge is 0.408 e. The van der Waals surface area contributed by atoms with E-state index < -0.39 is 0 Å². The number of hydrogen-bond acceptors (Lipinski definition) is 4. The summed E-state index contributed by atoms with van der Waals surface area (Å²) in [5.41, 5.74) is 2.21. The summed E-state index contributed by atoms with van der Waals surface area (Å²) < 4.78 is 6.74. The number of rotatable bonds is 3. The van der Waals surface area contributed by atoms with Crippen molar-refractivity contribution in [3.63, 3.8) is 0 Å². The molecule has 18 heavy (non-hydrogen) atoms. The van der Waals surface area contributed by atoms with Gasteiger partial charge in [0.05, 0.1) is 23.6 Å². The minimum Gasteiger partial charge on any atom is -0.408 e. The van der Waals surface area contributed by atoms with Crippen molar-refractivity contribution in [2.75, 3.05) is 0 Å². The van der Waals surface area contributed by atoms with Crippen LogP contribution in [0.3, 0.4) is 0 Å². The van der Waals surface area contributed by atoms with Crippen LogP contribution in [0.1, 0.15) is 10.7 Å². The van der Waals surface area contributed by atoms with E-state index >= 15 is 0 Å². The highest BCUT2D eigenvalue weighted by atomic mass is 35.5. The third kappa shape index (κ3) is 1.95. The van der Waals surface area contributed by atoms with E-state index in [1.54, 1.807) is 10.6 Å². The van der Waals surface area contributed by atoms with Gasteiger partial charge in [0.1, 0.15) is 5.01 Å². The molecule has 4 nitrogen and oxygen atoms in total. The molecule has 3 aromatic rings. The summed E-state index contributed by atoms with van der Waals surface area (Å²) in [5, 5.41) is 2.75. The van der Waals surface area contributed by atoms with Gasteiger partial charge < -0.3 is 4.42 Å². The Balaban J connectivity index is 2.04. The van der Waals surface area contributed by atoms with Crippen molar-refractivity contribution in [1.29, 1.82) is 0 Å². The molecule has 2 aromatic heterocycles. The van der Waals surface area contributed by atoms with Gasteiger partial charge >= 0.3 is 5.76 Å². The number of oxazole rings is 1. The van der Waals surface area contributed by atoms with Gasteiger partial charge in [-0.3, -0.25) is 4.57 Å². The molecular weight excluding hydrogens is 272 g/mol. The summed E-state index contributed by atoms with van der Waals surface area (Å²) in [5.74, 6) is 0.0242. The molecule has 2 heterocycles. The normalized spacial score (nSPS) is 11.2. The van der Waals surface area contributed by atoms with Crippen molar-refractivity contribution >= 4 is 34.0 Å². The van der Waals surface area contributed by atoms with Crippen molar-refractivity contribution < 1.29 is 4.42 Å². The van der Waals surface area contributed by atoms with Crippen molar-refractivity contribution in [2.24, 2.45) is 0 Å². The number of nitrogens with zero attached hydrogens (tertiary/aromatic N) is 2. The summed E-state index contributed by atoms with van der Waals surface area (Å²) >= 11 is 7.20. The van der Waals surface area contributed by atoms with Gasteiger partial charge in [0.2, 0.25) is 0 Å². The lowest BCUT2D eigenvalue weighted by molar-refractivity contribution is 0.517. The van der Waals surface area contributed by atoms with Gasteiger partial charge in [-0.05, 0) is 12.1 Å². The number of thiazole rings is 1. The molecule has 0 aliphatic rings. The fraction of sp³-hybridized carbons (Fsp3) is 0.167. The maximum absolute atomic E-state index is 11.8. The average molecular weight is 281 g/mol. The fourth-order valence-electron chi connectivity index (χ4n) is 1.78. The molecule has 0 aliphatic heterocycles. The van der Waals surface area contributed by atoms with Gasteiger partial charge in [-0.25, -0.2) is 9.78 Å². The Labute approximate surface area is 111 Å². The summed E-state index contributed by atoms with van der Waals surface area (Å²) in [7, 11) is 0. The van der Waals surface area contributed by atoms with Gasteiger partial charge in [0.25, 0.3) is 0 Å². The number of aromatic nitrogens is 2. The molecule has 0 saturated heterocycles. The molecular formula is C12H9ClN2O2S. The molecule has 0 N–H and O–H groups in total. The molecule has 0 spiro atoms. The molecule has 3 rings (SSSR count). The van der Waals surface area contributed by atoms with Crippen LogP contribution >= 0.6 is 22.9 Å². The van der Waals surface area contributed by atoms with Gasteiger partial charge in [0.15, 0.2) is 5.58 Å². The summed E-state index contributed by atoms with van der Waals surface area (Å²) in [6, 6.07) is 7.35. The number of halogens is 1. The Kier molecular flexibility index (Phi) is 2.93. The molecule has 0 unspecified atom stereocenters. The molecule has 92 valence electrons. The van der Waals surface area contributed by atoms with Gasteiger partial charge in [-0.2, -0.15) is 0 Å². The quantitative estimate of drug-likeness (QED) is 0.693. The summed E-state index contributed by atoms with van der Waals surface area (Å²) in [6.45, 7) is 0.414. The van der Waals surface area contributed by atoms with E-state index in [4.69, 9.17) is 16.0 Å². The van der Waals surface area contributed by atoms with Gasteiger partial charge in [-0.1, -0.05) is 12.1 Å². The van der Waals surface area contributed by atoms with Crippen LogP contribution in [-0.4, -0.2) is 9.55 Å². The zero-order chi connectivity index (χ0) is 12.5. The van der Waals surface area contributed by atoms with Gasteiger partial charge in [0, 0.05) is 5.38 Å². The van der Waals surface area contributed by atoms with Crippen LogP contribution in [0.2, 0.25) is 0 Å². The molecule has 0 fully saturated rings. The fourth-order valence-corrected chi connectivity index (χ4v) is 2.79. The third-order valence-electron chi connectivity index (χ3n) is 2.60. The lowest BCUT2D eigenvalue weighted by atomic mass is 10.3. The minimum absolute atomic E-state index is 0.362. The zero-order valence-electron chi connectivity index (χ0n) is 9.30. The van der Waals surface area contributed by atoms with Crippen LogP contribution in [0, 0.1) is 0 Å². The lowest BCUT2D eigenvalue weighted by Crippen LogP contribution is -2.14. The van der Waals surface area contributed by atoms with E-state index in [0.717, 1.165) is 16.2 Å². The van der Waals surface area contributed by atoms with Crippen molar-refractivity contribution in [3.8, 4) is 0 Å². The predicted octanol–water partition coefficient (Wildman–Crippen LogP) is 2.84. The Morgan fingerprint density at radius 2 is 2.22 bits per heavy atom. The second-order valence-corrected chi connectivity index (χ2v) is 5.00. The number of alkyl halides is 1. The molecule has 6 heteroatoms. The Morgan fingerprint density at radius 3 is 3.00 bits per heavy atom. The largest absolute Gasteiger partial charge is 0.420 e. The van der Waals surface area contributed by atoms with Crippen LogP contribution in [0.15, 0.2) is 38.9 Å². The molecule has 0 aliphatic carbocycles. The molecule has 0 bridgehead atoms. The maximum Gasteiger partial charge on any atom is 0.420 e. The molecule has 1 aromatic carbocycles. The zero-order valence-corrected chi connectivity index (χ0v) is 10.9. The summed E-state index contributed by atoms with van der Waals surface area (Å²) in [6.07, 6.45) is 0. The van der Waals surface area contributed by atoms with Crippen LogP contribution < -0.4 is 5.76 Å². The molecule has 0 saturated carbocycles. The lowest BCUT2D eigenvalue weighted by Gasteiger charge is -1.97. The maximum atomic E-state index is 11.8. The standard InChI is InChI=1S/C12H9ClN2O2S/c13-5-8-7-18-11(14-8)6-15-9-3-1-2-4-10(9)17-12(15)16/h1-4,7H,5-6H2. The van der Waals surface area contributed by atoms with E-state index in [0.29, 0.717) is 18.0 Å². The number of hydrogen-bond donors (Lipinski definition) is 0. The Morgan fingerprint density at radius 1 is 1.39 bits per heavy atom. The van der Waals surface area contributed by atoms with Crippen molar-refractivity contribution in [2.45, 2.75) is 12.4 Å². The average Bonchev–Trinajstić information content (AvgIpc) is 2.96. The topological polar surface area (TPSA) is 48.0 Å². The van der Waals surface area contributed by atoms with Crippen LogP contribution in [0.25, 0.3) is 11.1 Å². The first-order chi connectivity index (χ1) is 8.78. The number of para-hydroxylation sites is 2. The SMILES string of the molecule is O=c1oc2ccccc2n1Cc1nc(CCl)cs1. The highest BCUT2D eigenvalue weighted by molar-refractivity contribution is 7.09. The molecule has 0 radical (unpaired) electrons. The first-order valence-electron chi connectivity index (χ1n) is 5.35. The highest BCUT2D eigenvalue weighted by Crippen LogP contribution is 2.16. The predicted molar refractivity (Wildman–Crippen MR) is 71.2 cm³/mol. The Bertz CT molecular complexity index is 744. The summed E-state index contributed by atoms with van der Waals surface area (Å²) in [4.78, 5) is 16.1. The number of fused-ring (bicyclic) bond motifs is 1.